The number of aromatic nitrogens is 1. The van der Waals surface area contributed by atoms with E-state index in [1.54, 1.807) is 49.4 Å². The summed E-state index contributed by atoms with van der Waals surface area (Å²) in [6.07, 6.45) is 0. The van der Waals surface area contributed by atoms with Crippen molar-refractivity contribution in [3.63, 3.8) is 0 Å². The SMILES string of the molecule is CCOC(=O)c1ccc(N2C(=O)C3Sc4[nH]c(=O)sc4[C@H](c4ccccc4OCC(=O)Nc4ccccc4C)C3C2=O)cc1. The minimum atomic E-state index is -0.846. The average Bonchev–Trinajstić information content (AvgIpc) is 3.51. The molecule has 44 heavy (non-hydrogen) atoms. The number of carbonyl (C=O) groups excluding carboxylic acids is 4. The van der Waals surface area contributed by atoms with Crippen LogP contribution in [-0.4, -0.2) is 47.1 Å². The molecule has 3 aromatic carbocycles. The van der Waals surface area contributed by atoms with Crippen molar-refractivity contribution in [3.8, 4) is 5.75 Å². The Labute approximate surface area is 260 Å². The Balaban J connectivity index is 1.31. The monoisotopic (exact) mass is 629 g/mol. The number of aromatic amines is 1. The number of para-hydroxylation sites is 2. The summed E-state index contributed by atoms with van der Waals surface area (Å²) in [7, 11) is 0. The van der Waals surface area contributed by atoms with Gasteiger partial charge in [0.15, 0.2) is 6.61 Å². The van der Waals surface area contributed by atoms with E-state index in [2.05, 4.69) is 10.3 Å². The lowest BCUT2D eigenvalue weighted by Crippen LogP contribution is -2.32. The van der Waals surface area contributed by atoms with Gasteiger partial charge in [-0.05, 0) is 55.8 Å². The van der Waals surface area contributed by atoms with E-state index in [-0.39, 0.29) is 24.0 Å². The average molecular weight is 630 g/mol. The molecule has 0 bridgehead atoms. The van der Waals surface area contributed by atoms with Gasteiger partial charge < -0.3 is 19.8 Å². The number of esters is 1. The van der Waals surface area contributed by atoms with Crippen molar-refractivity contribution in [2.45, 2.75) is 30.0 Å². The van der Waals surface area contributed by atoms with E-state index in [4.69, 9.17) is 9.47 Å². The van der Waals surface area contributed by atoms with Crippen molar-refractivity contribution in [3.05, 3.63) is 104 Å². The predicted molar refractivity (Wildman–Crippen MR) is 167 cm³/mol. The number of fused-ring (bicyclic) bond motifs is 2. The van der Waals surface area contributed by atoms with Crippen LogP contribution in [0, 0.1) is 12.8 Å². The highest BCUT2D eigenvalue weighted by Gasteiger charge is 2.56. The molecule has 0 saturated carbocycles. The Hall–Kier alpha value is -4.68. The molecule has 2 N–H and O–H groups in total. The number of imide groups is 1. The van der Waals surface area contributed by atoms with Crippen molar-refractivity contribution >= 4 is 58.2 Å². The van der Waals surface area contributed by atoms with Gasteiger partial charge in [-0.1, -0.05) is 59.5 Å². The van der Waals surface area contributed by atoms with Crippen molar-refractivity contribution in [1.82, 2.24) is 4.98 Å². The minimum absolute atomic E-state index is 0.223. The van der Waals surface area contributed by atoms with Gasteiger partial charge in [-0.3, -0.25) is 19.2 Å². The predicted octanol–water partition coefficient (Wildman–Crippen LogP) is 4.73. The number of benzene rings is 3. The number of amides is 3. The number of H-pyrrole nitrogens is 1. The Morgan fingerprint density at radius 2 is 1.68 bits per heavy atom. The summed E-state index contributed by atoms with van der Waals surface area (Å²) in [4.78, 5) is 69.6. The molecule has 3 heterocycles. The van der Waals surface area contributed by atoms with Crippen LogP contribution in [0.15, 0.2) is 82.6 Å². The molecule has 10 nitrogen and oxygen atoms in total. The highest BCUT2D eigenvalue weighted by atomic mass is 32.2. The van der Waals surface area contributed by atoms with E-state index in [9.17, 15) is 24.0 Å². The first-order valence-electron chi connectivity index (χ1n) is 13.9. The second-order valence-corrected chi connectivity index (χ2v) is 12.4. The van der Waals surface area contributed by atoms with E-state index in [0.717, 1.165) is 33.6 Å². The van der Waals surface area contributed by atoms with Gasteiger partial charge in [0.1, 0.15) is 11.0 Å². The lowest BCUT2D eigenvalue weighted by atomic mass is 9.82. The number of aryl methyl sites for hydroxylation is 1. The van der Waals surface area contributed by atoms with Crippen LogP contribution < -0.4 is 19.8 Å². The number of thioether (sulfide) groups is 1. The molecule has 1 aromatic heterocycles. The third kappa shape index (κ3) is 5.42. The summed E-state index contributed by atoms with van der Waals surface area (Å²) in [5, 5.41) is 2.56. The molecule has 3 amide bonds. The molecule has 224 valence electrons. The molecule has 0 spiro atoms. The summed E-state index contributed by atoms with van der Waals surface area (Å²) in [5.74, 6) is -2.87. The summed E-state index contributed by atoms with van der Waals surface area (Å²) in [5.41, 5.74) is 2.80. The van der Waals surface area contributed by atoms with Gasteiger partial charge in [-0.15, -0.1) is 0 Å². The third-order valence-electron chi connectivity index (χ3n) is 7.49. The number of ether oxygens (including phenoxy) is 2. The van der Waals surface area contributed by atoms with E-state index < -0.39 is 34.9 Å². The van der Waals surface area contributed by atoms with Crippen LogP contribution in [0.4, 0.5) is 11.4 Å². The number of carbonyl (C=O) groups is 4. The lowest BCUT2D eigenvalue weighted by Gasteiger charge is -2.30. The van der Waals surface area contributed by atoms with Crippen molar-refractivity contribution in [2.24, 2.45) is 5.92 Å². The van der Waals surface area contributed by atoms with Crippen molar-refractivity contribution in [1.29, 1.82) is 0 Å². The number of anilines is 2. The minimum Gasteiger partial charge on any atom is -0.483 e. The van der Waals surface area contributed by atoms with Crippen LogP contribution in [0.2, 0.25) is 0 Å². The second kappa shape index (κ2) is 12.1. The van der Waals surface area contributed by atoms with Gasteiger partial charge in [-0.2, -0.15) is 0 Å². The van der Waals surface area contributed by atoms with Crippen LogP contribution in [-0.2, 0) is 19.1 Å². The van der Waals surface area contributed by atoms with E-state index in [1.165, 1.54) is 12.1 Å². The van der Waals surface area contributed by atoms with Gasteiger partial charge >= 0.3 is 10.8 Å². The summed E-state index contributed by atoms with van der Waals surface area (Å²) >= 11 is 2.15. The number of thiazole rings is 1. The zero-order valence-corrected chi connectivity index (χ0v) is 25.3. The van der Waals surface area contributed by atoms with Gasteiger partial charge in [0, 0.05) is 22.0 Å². The maximum absolute atomic E-state index is 14.1. The van der Waals surface area contributed by atoms with Crippen LogP contribution in [0.1, 0.15) is 39.2 Å². The first kappa shape index (κ1) is 29.4. The molecule has 2 unspecified atom stereocenters. The molecule has 3 atom stereocenters. The highest BCUT2D eigenvalue weighted by Crippen LogP contribution is 2.54. The van der Waals surface area contributed by atoms with Crippen molar-refractivity contribution < 1.29 is 28.7 Å². The fraction of sp³-hybridized carbons (Fsp3) is 0.219. The molecule has 2 aliphatic rings. The zero-order chi connectivity index (χ0) is 31.0. The Kier molecular flexibility index (Phi) is 8.11. The normalized spacial score (nSPS) is 18.9. The van der Waals surface area contributed by atoms with Gasteiger partial charge in [0.05, 0.1) is 28.8 Å². The number of hydrogen-bond acceptors (Lipinski definition) is 9. The van der Waals surface area contributed by atoms with Crippen LogP contribution in [0.3, 0.4) is 0 Å². The van der Waals surface area contributed by atoms with Crippen LogP contribution in [0.25, 0.3) is 0 Å². The molecular formula is C32H27N3O7S2. The second-order valence-electron chi connectivity index (χ2n) is 10.2. The standard InChI is InChI=1S/C32H27N3O7S2/c1-3-41-31(39)18-12-14-19(15-13-18)35-29(37)25-24(26-28(34-32(40)44-26)43-27(25)30(35)38)20-9-5-7-11-22(20)42-16-23(36)33-21-10-6-4-8-17(21)2/h4-15,24-25,27H,3,16H2,1-2H3,(H,33,36)(H,34,40)/t24-,25?,27?/m1/s1. The number of nitrogens with zero attached hydrogens (tertiary/aromatic N) is 1. The first-order valence-corrected chi connectivity index (χ1v) is 15.6. The van der Waals surface area contributed by atoms with E-state index in [0.29, 0.717) is 38.2 Å². The largest absolute Gasteiger partial charge is 0.483 e. The molecule has 4 aromatic rings. The molecule has 0 aliphatic carbocycles. The highest BCUT2D eigenvalue weighted by molar-refractivity contribution is 8.00. The third-order valence-corrected chi connectivity index (χ3v) is 9.89. The fourth-order valence-corrected chi connectivity index (χ4v) is 7.99. The summed E-state index contributed by atoms with van der Waals surface area (Å²) in [6, 6.07) is 20.5. The molecule has 0 radical (unpaired) electrons. The first-order chi connectivity index (χ1) is 21.3. The maximum Gasteiger partial charge on any atom is 0.338 e. The van der Waals surface area contributed by atoms with Crippen LogP contribution >= 0.6 is 23.1 Å². The molecule has 1 fully saturated rings. The Bertz CT molecular complexity index is 1830. The quantitative estimate of drug-likeness (QED) is 0.211. The fourth-order valence-electron chi connectivity index (χ4n) is 5.48. The van der Waals surface area contributed by atoms with Crippen LogP contribution in [0.5, 0.6) is 5.75 Å². The van der Waals surface area contributed by atoms with Crippen molar-refractivity contribution in [2.75, 3.05) is 23.4 Å². The molecular weight excluding hydrogens is 603 g/mol. The smallest absolute Gasteiger partial charge is 0.338 e. The molecule has 6 rings (SSSR count). The van der Waals surface area contributed by atoms with E-state index in [1.807, 2.05) is 25.1 Å². The molecule has 12 heteroatoms. The zero-order valence-electron chi connectivity index (χ0n) is 23.7. The van der Waals surface area contributed by atoms with Gasteiger partial charge in [0.25, 0.3) is 5.91 Å². The Morgan fingerprint density at radius 1 is 0.955 bits per heavy atom. The number of rotatable bonds is 8. The summed E-state index contributed by atoms with van der Waals surface area (Å²) < 4.78 is 11.0. The molecule has 2 aliphatic heterocycles. The summed E-state index contributed by atoms with van der Waals surface area (Å²) in [6.45, 7) is 3.53. The van der Waals surface area contributed by atoms with Gasteiger partial charge in [0.2, 0.25) is 11.8 Å². The topological polar surface area (TPSA) is 135 Å². The number of hydrogen-bond donors (Lipinski definition) is 2. The van der Waals surface area contributed by atoms with Gasteiger partial charge in [-0.25, -0.2) is 9.69 Å². The maximum atomic E-state index is 14.1. The lowest BCUT2D eigenvalue weighted by molar-refractivity contribution is -0.122. The Morgan fingerprint density at radius 3 is 2.43 bits per heavy atom. The molecule has 1 saturated heterocycles. The van der Waals surface area contributed by atoms with E-state index >= 15 is 0 Å². The number of nitrogens with one attached hydrogen (secondary N) is 2.